The molecule has 17 heavy (non-hydrogen) atoms. The number of hydrogen-bond donors (Lipinski definition) is 1. The van der Waals surface area contributed by atoms with Gasteiger partial charge in [-0.2, -0.15) is 0 Å². The summed E-state index contributed by atoms with van der Waals surface area (Å²) in [5.41, 5.74) is 0.351. The third-order valence-electron chi connectivity index (χ3n) is 2.65. The predicted octanol–water partition coefficient (Wildman–Crippen LogP) is 1.12. The normalized spacial score (nSPS) is 19.6. The first-order valence-electron chi connectivity index (χ1n) is 4.99. The summed E-state index contributed by atoms with van der Waals surface area (Å²) in [7, 11) is -3.66. The van der Waals surface area contributed by atoms with E-state index in [0.717, 1.165) is 12.1 Å². The fourth-order valence-electron chi connectivity index (χ4n) is 1.91. The molecule has 0 saturated carbocycles. The highest BCUT2D eigenvalue weighted by Gasteiger charge is 2.26. The van der Waals surface area contributed by atoms with Gasteiger partial charge in [0.05, 0.1) is 12.4 Å². The number of sulfonamides is 1. The Morgan fingerprint density at radius 1 is 1.35 bits per heavy atom. The highest BCUT2D eigenvalue weighted by molar-refractivity contribution is 7.89. The van der Waals surface area contributed by atoms with Gasteiger partial charge in [0, 0.05) is 17.5 Å². The summed E-state index contributed by atoms with van der Waals surface area (Å²) in [6, 6.07) is 1.90. The Morgan fingerprint density at radius 2 is 2.00 bits per heavy atom. The molecule has 0 saturated heterocycles. The lowest BCUT2D eigenvalue weighted by molar-refractivity contribution is 0.269. The summed E-state index contributed by atoms with van der Waals surface area (Å²) >= 11 is 0. The lowest BCUT2D eigenvalue weighted by Crippen LogP contribution is -2.26. The maximum atomic E-state index is 13.1. The lowest BCUT2D eigenvalue weighted by atomic mass is 9.95. The molecule has 0 aliphatic carbocycles. The van der Waals surface area contributed by atoms with E-state index in [-0.39, 0.29) is 18.1 Å². The van der Waals surface area contributed by atoms with Gasteiger partial charge in [0.1, 0.15) is 5.75 Å². The van der Waals surface area contributed by atoms with E-state index in [2.05, 4.69) is 0 Å². The summed E-state index contributed by atoms with van der Waals surface area (Å²) in [5, 5.41) is 4.95. The molecule has 0 bridgehead atoms. The Labute approximate surface area is 97.4 Å². The zero-order valence-electron chi connectivity index (χ0n) is 8.82. The summed E-state index contributed by atoms with van der Waals surface area (Å²) in [6.07, 6.45) is 0.411. The minimum Gasteiger partial charge on any atom is -0.493 e. The molecular weight excluding hydrogens is 252 g/mol. The molecule has 94 valence electrons. The summed E-state index contributed by atoms with van der Waals surface area (Å²) in [4.78, 5) is 0. The summed E-state index contributed by atoms with van der Waals surface area (Å²) in [6.45, 7) is 0.262. The lowest BCUT2D eigenvalue weighted by Gasteiger charge is -2.25. The molecule has 0 radical (unpaired) electrons. The van der Waals surface area contributed by atoms with Crippen molar-refractivity contribution >= 4 is 10.0 Å². The Morgan fingerprint density at radius 3 is 2.65 bits per heavy atom. The number of primary sulfonamides is 1. The van der Waals surface area contributed by atoms with Gasteiger partial charge in [-0.15, -0.1) is 0 Å². The molecule has 2 N–H and O–H groups in total. The molecule has 0 spiro atoms. The largest absolute Gasteiger partial charge is 0.493 e. The molecule has 1 aliphatic heterocycles. The second kappa shape index (κ2) is 4.23. The number of ether oxygens (including phenoxy) is 1. The number of nitrogens with two attached hydrogens (primary N) is 1. The van der Waals surface area contributed by atoms with Gasteiger partial charge in [-0.1, -0.05) is 0 Å². The first-order valence-corrected chi connectivity index (χ1v) is 6.70. The number of rotatable bonds is 2. The van der Waals surface area contributed by atoms with Crippen LogP contribution in [0.5, 0.6) is 5.75 Å². The molecule has 1 atom stereocenters. The molecule has 0 aromatic heterocycles. The molecule has 0 fully saturated rings. The van der Waals surface area contributed by atoms with E-state index in [1.807, 2.05) is 0 Å². The first kappa shape index (κ1) is 12.3. The van der Waals surface area contributed by atoms with Crippen molar-refractivity contribution < 1.29 is 21.9 Å². The fraction of sp³-hybridized carbons (Fsp3) is 0.400. The Balaban J connectivity index is 2.40. The molecular formula is C10H11F2NO3S. The van der Waals surface area contributed by atoms with Gasteiger partial charge in [0.2, 0.25) is 10.0 Å². The van der Waals surface area contributed by atoms with Gasteiger partial charge in [-0.25, -0.2) is 22.3 Å². The van der Waals surface area contributed by atoms with Crippen LogP contribution in [0.3, 0.4) is 0 Å². The maximum Gasteiger partial charge on any atom is 0.209 e. The Kier molecular flexibility index (Phi) is 3.05. The van der Waals surface area contributed by atoms with Crippen LogP contribution in [0.4, 0.5) is 8.78 Å². The molecule has 1 aromatic carbocycles. The number of fused-ring (bicyclic) bond motifs is 1. The standard InChI is InChI=1S/C10H11F2NO3S/c11-8-3-7-6(5-17(13,14)15)1-2-16-10(7)4-9(8)12/h3-4,6H,1-2,5H2,(H2,13,14,15). The van der Waals surface area contributed by atoms with Gasteiger partial charge in [-0.3, -0.25) is 0 Å². The van der Waals surface area contributed by atoms with Crippen LogP contribution in [0.25, 0.3) is 0 Å². The van der Waals surface area contributed by atoms with Crippen LogP contribution in [0.2, 0.25) is 0 Å². The Hall–Kier alpha value is -1.21. The SMILES string of the molecule is NS(=O)(=O)CC1CCOc2cc(F)c(F)cc21. The van der Waals surface area contributed by atoms with Crippen molar-refractivity contribution in [3.63, 3.8) is 0 Å². The van der Waals surface area contributed by atoms with Crippen molar-refractivity contribution in [2.45, 2.75) is 12.3 Å². The van der Waals surface area contributed by atoms with Crippen LogP contribution >= 0.6 is 0 Å². The second-order valence-electron chi connectivity index (χ2n) is 3.97. The zero-order chi connectivity index (χ0) is 12.6. The van der Waals surface area contributed by atoms with Gasteiger partial charge in [0.15, 0.2) is 11.6 Å². The molecule has 1 aliphatic rings. The average Bonchev–Trinajstić information content (AvgIpc) is 2.19. The van der Waals surface area contributed by atoms with E-state index in [4.69, 9.17) is 9.88 Å². The molecule has 2 rings (SSSR count). The third kappa shape index (κ3) is 2.73. The van der Waals surface area contributed by atoms with Crippen LogP contribution in [-0.2, 0) is 10.0 Å². The number of hydrogen-bond acceptors (Lipinski definition) is 3. The molecule has 7 heteroatoms. The fourth-order valence-corrected chi connectivity index (χ4v) is 2.82. The van der Waals surface area contributed by atoms with E-state index in [1.54, 1.807) is 0 Å². The first-order chi connectivity index (χ1) is 7.87. The zero-order valence-corrected chi connectivity index (χ0v) is 9.64. The minimum absolute atomic E-state index is 0.184. The van der Waals surface area contributed by atoms with E-state index in [0.29, 0.717) is 12.0 Å². The van der Waals surface area contributed by atoms with Crippen molar-refractivity contribution in [3.05, 3.63) is 29.3 Å². The van der Waals surface area contributed by atoms with Crippen LogP contribution in [0, 0.1) is 11.6 Å². The van der Waals surface area contributed by atoms with E-state index >= 15 is 0 Å². The second-order valence-corrected chi connectivity index (χ2v) is 5.63. The highest BCUT2D eigenvalue weighted by Crippen LogP contribution is 2.35. The van der Waals surface area contributed by atoms with Crippen LogP contribution in [-0.4, -0.2) is 20.8 Å². The average molecular weight is 263 g/mol. The van der Waals surface area contributed by atoms with Crippen molar-refractivity contribution in [2.75, 3.05) is 12.4 Å². The molecule has 1 aromatic rings. The molecule has 1 unspecified atom stereocenters. The highest BCUT2D eigenvalue weighted by atomic mass is 32.2. The molecule has 4 nitrogen and oxygen atoms in total. The van der Waals surface area contributed by atoms with Gasteiger partial charge in [-0.05, 0) is 12.5 Å². The van der Waals surface area contributed by atoms with Crippen molar-refractivity contribution in [3.8, 4) is 5.75 Å². The van der Waals surface area contributed by atoms with Gasteiger partial charge < -0.3 is 4.74 Å². The van der Waals surface area contributed by atoms with Crippen LogP contribution < -0.4 is 9.88 Å². The predicted molar refractivity (Wildman–Crippen MR) is 57.2 cm³/mol. The van der Waals surface area contributed by atoms with Crippen molar-refractivity contribution in [1.29, 1.82) is 0 Å². The quantitative estimate of drug-likeness (QED) is 0.869. The Bertz CT molecular complexity index is 545. The van der Waals surface area contributed by atoms with Gasteiger partial charge >= 0.3 is 0 Å². The summed E-state index contributed by atoms with van der Waals surface area (Å²) < 4.78 is 53.3. The number of halogens is 2. The van der Waals surface area contributed by atoms with Crippen molar-refractivity contribution in [2.24, 2.45) is 5.14 Å². The van der Waals surface area contributed by atoms with Crippen LogP contribution in [0.15, 0.2) is 12.1 Å². The van der Waals surface area contributed by atoms with Crippen molar-refractivity contribution in [1.82, 2.24) is 0 Å². The number of benzene rings is 1. The molecule has 1 heterocycles. The summed E-state index contributed by atoms with van der Waals surface area (Å²) in [5.74, 6) is -2.60. The maximum absolute atomic E-state index is 13.1. The van der Waals surface area contributed by atoms with Crippen LogP contribution in [0.1, 0.15) is 17.9 Å². The minimum atomic E-state index is -3.66. The molecule has 0 amide bonds. The van der Waals surface area contributed by atoms with E-state index < -0.39 is 27.6 Å². The van der Waals surface area contributed by atoms with Gasteiger partial charge in [0.25, 0.3) is 0 Å². The topological polar surface area (TPSA) is 69.4 Å². The monoisotopic (exact) mass is 263 g/mol. The van der Waals surface area contributed by atoms with E-state index in [1.165, 1.54) is 0 Å². The van der Waals surface area contributed by atoms with E-state index in [9.17, 15) is 17.2 Å². The third-order valence-corrected chi connectivity index (χ3v) is 3.52. The smallest absolute Gasteiger partial charge is 0.209 e.